The summed E-state index contributed by atoms with van der Waals surface area (Å²) in [5, 5.41) is 34.2. The minimum atomic E-state index is -1.59. The number of hydrogen-bond donors (Lipinski definition) is 3. The summed E-state index contributed by atoms with van der Waals surface area (Å²) >= 11 is 0. The Balaban J connectivity index is 1.17. The lowest BCUT2D eigenvalue weighted by molar-refractivity contribution is -0.374. The maximum atomic E-state index is 12.2. The van der Waals surface area contributed by atoms with Gasteiger partial charge in [0.2, 0.25) is 0 Å². The Labute approximate surface area is 339 Å². The van der Waals surface area contributed by atoms with Crippen LogP contribution in [0.5, 0.6) is 0 Å². The van der Waals surface area contributed by atoms with E-state index in [0.717, 1.165) is 27.8 Å². The van der Waals surface area contributed by atoms with E-state index in [4.69, 9.17) is 37.9 Å². The Morgan fingerprint density at radius 3 is 1.22 bits per heavy atom. The fourth-order valence-corrected chi connectivity index (χ4v) is 7.20. The third-order valence-electron chi connectivity index (χ3n) is 10.2. The Hall–Kier alpha value is -4.34. The van der Waals surface area contributed by atoms with Crippen LogP contribution in [0.25, 0.3) is 0 Å². The maximum absolute atomic E-state index is 12.2. The van der Waals surface area contributed by atoms with Gasteiger partial charge in [-0.3, -0.25) is 0 Å². The van der Waals surface area contributed by atoms with Crippen molar-refractivity contribution in [3.63, 3.8) is 0 Å². The van der Waals surface area contributed by atoms with Gasteiger partial charge in [0.15, 0.2) is 12.6 Å². The van der Waals surface area contributed by atoms with Crippen LogP contribution in [0.4, 0.5) is 0 Å². The largest absolute Gasteiger partial charge is 0.394 e. The molecule has 10 atom stereocenters. The second-order valence-electron chi connectivity index (χ2n) is 14.4. The third kappa shape index (κ3) is 11.4. The van der Waals surface area contributed by atoms with Crippen LogP contribution in [0, 0.1) is 0 Å². The highest BCUT2D eigenvalue weighted by molar-refractivity contribution is 5.17. The van der Waals surface area contributed by atoms with Crippen molar-refractivity contribution in [3.8, 4) is 0 Å². The number of aliphatic hydroxyl groups is 3. The second-order valence-corrected chi connectivity index (χ2v) is 14.4. The fraction of sp³-hybridized carbons (Fsp3) is 0.362. The summed E-state index contributed by atoms with van der Waals surface area (Å²) in [6.45, 7) is 0.642. The van der Waals surface area contributed by atoms with Gasteiger partial charge in [-0.15, -0.1) is 0 Å². The van der Waals surface area contributed by atoms with E-state index in [2.05, 4.69) is 0 Å². The number of hydrogen-bond acceptors (Lipinski definition) is 11. The summed E-state index contributed by atoms with van der Waals surface area (Å²) in [7, 11) is 0. The van der Waals surface area contributed by atoms with Crippen LogP contribution >= 0.6 is 0 Å². The van der Waals surface area contributed by atoms with E-state index in [0.29, 0.717) is 6.61 Å². The van der Waals surface area contributed by atoms with Crippen molar-refractivity contribution in [3.05, 3.63) is 179 Å². The SMILES string of the molecule is OC[C@H]1O[C@H](O)[C@@H](O[C@H]2O[C@H](COCc3ccccc3)[C@@H](OCc3ccccc3)[C@H](OCc3ccccc3)[C@@H]2O)[C@@H](OCc2ccccc2)[C@@H]1OCc1ccccc1. The first-order valence-corrected chi connectivity index (χ1v) is 19.7. The molecule has 0 aromatic heterocycles. The minimum Gasteiger partial charge on any atom is -0.394 e. The Kier molecular flexibility index (Phi) is 15.6. The van der Waals surface area contributed by atoms with Gasteiger partial charge in [0.25, 0.3) is 0 Å². The molecule has 3 N–H and O–H groups in total. The smallest absolute Gasteiger partial charge is 0.187 e. The maximum Gasteiger partial charge on any atom is 0.187 e. The summed E-state index contributed by atoms with van der Waals surface area (Å²) in [6.07, 6.45) is -11.0. The average Bonchev–Trinajstić information content (AvgIpc) is 3.27. The Morgan fingerprint density at radius 2 is 0.793 bits per heavy atom. The molecule has 0 aliphatic carbocycles. The highest BCUT2D eigenvalue weighted by Crippen LogP contribution is 2.34. The molecule has 2 saturated heterocycles. The zero-order chi connectivity index (χ0) is 39.9. The molecule has 5 aromatic rings. The lowest BCUT2D eigenvalue weighted by Crippen LogP contribution is -2.65. The summed E-state index contributed by atoms with van der Waals surface area (Å²) < 4.78 is 51.4. The van der Waals surface area contributed by atoms with Crippen LogP contribution in [-0.2, 0) is 70.9 Å². The van der Waals surface area contributed by atoms with Crippen molar-refractivity contribution in [1.82, 2.24) is 0 Å². The molecule has 58 heavy (non-hydrogen) atoms. The van der Waals surface area contributed by atoms with E-state index >= 15 is 0 Å². The molecule has 5 aromatic carbocycles. The third-order valence-corrected chi connectivity index (χ3v) is 10.2. The van der Waals surface area contributed by atoms with Gasteiger partial charge >= 0.3 is 0 Å². The van der Waals surface area contributed by atoms with Crippen LogP contribution in [0.1, 0.15) is 27.8 Å². The molecule has 0 radical (unpaired) electrons. The molecule has 2 aliphatic heterocycles. The molecule has 7 rings (SSSR count). The van der Waals surface area contributed by atoms with Crippen molar-refractivity contribution in [2.24, 2.45) is 0 Å². The predicted molar refractivity (Wildman–Crippen MR) is 214 cm³/mol. The summed E-state index contributed by atoms with van der Waals surface area (Å²) in [5.41, 5.74) is 4.58. The molecule has 2 aliphatic rings. The van der Waals surface area contributed by atoms with Crippen molar-refractivity contribution in [2.45, 2.75) is 94.4 Å². The molecule has 11 heteroatoms. The highest BCUT2D eigenvalue weighted by atomic mass is 16.7. The van der Waals surface area contributed by atoms with Gasteiger partial charge in [0, 0.05) is 0 Å². The number of rotatable bonds is 19. The van der Waals surface area contributed by atoms with Gasteiger partial charge < -0.3 is 53.2 Å². The highest BCUT2D eigenvalue weighted by Gasteiger charge is 2.53. The number of aliphatic hydroxyl groups excluding tert-OH is 3. The van der Waals surface area contributed by atoms with Gasteiger partial charge in [0.05, 0.1) is 46.2 Å². The first kappa shape index (κ1) is 41.8. The molecule has 0 bridgehead atoms. The van der Waals surface area contributed by atoms with Gasteiger partial charge in [0.1, 0.15) is 48.8 Å². The van der Waals surface area contributed by atoms with Crippen LogP contribution in [0.15, 0.2) is 152 Å². The van der Waals surface area contributed by atoms with Gasteiger partial charge in [-0.2, -0.15) is 0 Å². The van der Waals surface area contributed by atoms with Crippen molar-refractivity contribution in [1.29, 1.82) is 0 Å². The molecular weight excluding hydrogens is 741 g/mol. The molecule has 2 heterocycles. The minimum absolute atomic E-state index is 0.0686. The molecule has 11 nitrogen and oxygen atoms in total. The lowest BCUT2D eigenvalue weighted by Gasteiger charge is -2.48. The van der Waals surface area contributed by atoms with E-state index < -0.39 is 68.0 Å². The molecule has 0 amide bonds. The predicted octanol–water partition coefficient (Wildman–Crippen LogP) is 5.73. The van der Waals surface area contributed by atoms with Crippen LogP contribution in [0.2, 0.25) is 0 Å². The first-order chi connectivity index (χ1) is 28.6. The van der Waals surface area contributed by atoms with E-state index in [1.54, 1.807) is 0 Å². The number of ether oxygens (including phenoxy) is 8. The fourth-order valence-electron chi connectivity index (χ4n) is 7.20. The van der Waals surface area contributed by atoms with Gasteiger partial charge in [-0.25, -0.2) is 0 Å². The standard InChI is InChI=1S/C47H52O11/c48-26-38-41(52-28-34-18-8-2-9-19-34)44(55-31-37-24-14-5-15-25-37)45(46(50)56-38)58-47-40(49)43(54-30-36-22-12-4-13-23-36)42(53-29-35-20-10-3-11-21-35)39(57-47)32-51-27-33-16-6-1-7-17-33/h1-25,38-50H,26-32H2/t38-,39-,40+,41-,42-,43-,44+,45+,46+,47-/m1/s1. The molecule has 0 unspecified atom stereocenters. The van der Waals surface area contributed by atoms with Crippen molar-refractivity contribution >= 4 is 0 Å². The topological polar surface area (TPSA) is 135 Å². The van der Waals surface area contributed by atoms with E-state index in [-0.39, 0.29) is 33.0 Å². The van der Waals surface area contributed by atoms with Crippen molar-refractivity contribution in [2.75, 3.05) is 13.2 Å². The van der Waals surface area contributed by atoms with Crippen molar-refractivity contribution < 1.29 is 53.2 Å². The summed E-state index contributed by atoms with van der Waals surface area (Å²) in [5.74, 6) is 0. The normalized spacial score (nSPS) is 27.3. The second kappa shape index (κ2) is 21.6. The molecule has 0 spiro atoms. The molecule has 2 fully saturated rings. The molecule has 306 valence electrons. The first-order valence-electron chi connectivity index (χ1n) is 19.7. The van der Waals surface area contributed by atoms with E-state index in [1.807, 2.05) is 152 Å². The summed E-state index contributed by atoms with van der Waals surface area (Å²) in [6, 6.07) is 48.3. The number of benzene rings is 5. The van der Waals surface area contributed by atoms with Gasteiger partial charge in [-0.05, 0) is 27.8 Å². The monoisotopic (exact) mass is 792 g/mol. The van der Waals surface area contributed by atoms with E-state index in [9.17, 15) is 15.3 Å². The zero-order valence-corrected chi connectivity index (χ0v) is 32.3. The average molecular weight is 793 g/mol. The van der Waals surface area contributed by atoms with Crippen LogP contribution < -0.4 is 0 Å². The molecular formula is C47H52O11. The van der Waals surface area contributed by atoms with E-state index in [1.165, 1.54) is 0 Å². The zero-order valence-electron chi connectivity index (χ0n) is 32.3. The summed E-state index contributed by atoms with van der Waals surface area (Å²) in [4.78, 5) is 0. The molecule has 0 saturated carbocycles. The van der Waals surface area contributed by atoms with Crippen LogP contribution in [0.3, 0.4) is 0 Å². The lowest BCUT2D eigenvalue weighted by atomic mass is 9.96. The Morgan fingerprint density at radius 1 is 0.414 bits per heavy atom. The van der Waals surface area contributed by atoms with Crippen LogP contribution in [-0.4, -0.2) is 89.9 Å². The quantitative estimate of drug-likeness (QED) is 0.0948. The van der Waals surface area contributed by atoms with Gasteiger partial charge in [-0.1, -0.05) is 152 Å². The Bertz CT molecular complexity index is 1870.